The Hall–Kier alpha value is -1.98. The van der Waals surface area contributed by atoms with Crippen molar-refractivity contribution in [3.05, 3.63) is 76.5 Å². The number of rotatable bonds is 7. The molecule has 0 aliphatic rings. The fraction of sp³-hybridized carbons (Fsp3) is 0.263. The lowest BCUT2D eigenvalue weighted by Crippen LogP contribution is -2.17. The van der Waals surface area contributed by atoms with Crippen LogP contribution >= 0.6 is 11.6 Å². The summed E-state index contributed by atoms with van der Waals surface area (Å²) in [7, 11) is 0. The van der Waals surface area contributed by atoms with Crippen LogP contribution in [0.25, 0.3) is 0 Å². The summed E-state index contributed by atoms with van der Waals surface area (Å²) in [6.07, 6.45) is -3.57. The van der Waals surface area contributed by atoms with Crippen LogP contribution in [0.3, 0.4) is 0 Å². The van der Waals surface area contributed by atoms with Crippen LogP contribution in [0, 0.1) is 0 Å². The standard InChI is InChI=1S/C19H20ClF3N2/c1-13(2)25-17-8-5-15(18(20)11-17)9-10-24-12-14-3-6-16(7-4-14)19(21,22)23/h3-8,11,24-25H,1,9-10,12H2,2H3. The molecule has 2 aromatic carbocycles. The lowest BCUT2D eigenvalue weighted by molar-refractivity contribution is -0.137. The molecule has 6 heteroatoms. The van der Waals surface area contributed by atoms with E-state index in [1.807, 2.05) is 25.1 Å². The zero-order valence-electron chi connectivity index (χ0n) is 13.9. The molecule has 2 N–H and O–H groups in total. The van der Waals surface area contributed by atoms with E-state index in [1.165, 1.54) is 12.1 Å². The maximum atomic E-state index is 12.5. The molecule has 0 atom stereocenters. The minimum absolute atomic E-state index is 0.505. The van der Waals surface area contributed by atoms with Gasteiger partial charge in [0.2, 0.25) is 0 Å². The first-order valence-electron chi connectivity index (χ1n) is 7.83. The first-order chi connectivity index (χ1) is 11.8. The van der Waals surface area contributed by atoms with E-state index in [2.05, 4.69) is 17.2 Å². The number of hydrogen-bond donors (Lipinski definition) is 2. The first-order valence-corrected chi connectivity index (χ1v) is 8.21. The summed E-state index contributed by atoms with van der Waals surface area (Å²) in [5.74, 6) is 0. The molecule has 0 amide bonds. The topological polar surface area (TPSA) is 24.1 Å². The van der Waals surface area contributed by atoms with Crippen LogP contribution in [0.1, 0.15) is 23.6 Å². The van der Waals surface area contributed by atoms with E-state index in [9.17, 15) is 13.2 Å². The Balaban J connectivity index is 1.82. The number of nitrogens with one attached hydrogen (secondary N) is 2. The highest BCUT2D eigenvalue weighted by Crippen LogP contribution is 2.29. The van der Waals surface area contributed by atoms with Gasteiger partial charge in [0.25, 0.3) is 0 Å². The molecule has 2 aromatic rings. The van der Waals surface area contributed by atoms with Crippen LogP contribution in [0.15, 0.2) is 54.7 Å². The van der Waals surface area contributed by atoms with Crippen LogP contribution in [-0.4, -0.2) is 6.54 Å². The normalized spacial score (nSPS) is 11.4. The van der Waals surface area contributed by atoms with E-state index in [4.69, 9.17) is 11.6 Å². The van der Waals surface area contributed by atoms with Crippen molar-refractivity contribution in [3.63, 3.8) is 0 Å². The van der Waals surface area contributed by atoms with E-state index in [0.717, 1.165) is 41.1 Å². The van der Waals surface area contributed by atoms with Crippen molar-refractivity contribution in [1.82, 2.24) is 5.32 Å². The van der Waals surface area contributed by atoms with Gasteiger partial charge in [-0.05, 0) is 55.3 Å². The lowest BCUT2D eigenvalue weighted by Gasteiger charge is -2.10. The van der Waals surface area contributed by atoms with Crippen molar-refractivity contribution in [2.45, 2.75) is 26.1 Å². The fourth-order valence-corrected chi connectivity index (χ4v) is 2.62. The van der Waals surface area contributed by atoms with Crippen molar-refractivity contribution in [2.75, 3.05) is 11.9 Å². The number of allylic oxidation sites excluding steroid dienone is 1. The molecule has 0 bridgehead atoms. The Labute approximate surface area is 150 Å². The maximum absolute atomic E-state index is 12.5. The van der Waals surface area contributed by atoms with Crippen LogP contribution in [0.2, 0.25) is 5.02 Å². The van der Waals surface area contributed by atoms with Crippen LogP contribution in [0.5, 0.6) is 0 Å². The minimum atomic E-state index is -4.30. The third-order valence-corrected chi connectivity index (χ3v) is 3.94. The summed E-state index contributed by atoms with van der Waals surface area (Å²) in [4.78, 5) is 0. The summed E-state index contributed by atoms with van der Waals surface area (Å²) in [5.41, 5.74) is 2.90. The molecule has 0 fully saturated rings. The predicted molar refractivity (Wildman–Crippen MR) is 96.7 cm³/mol. The largest absolute Gasteiger partial charge is 0.416 e. The molecule has 0 radical (unpaired) electrons. The number of benzene rings is 2. The van der Waals surface area contributed by atoms with E-state index >= 15 is 0 Å². The molecular formula is C19H20ClF3N2. The molecule has 2 nitrogen and oxygen atoms in total. The van der Waals surface area contributed by atoms with Crippen LogP contribution in [0.4, 0.5) is 18.9 Å². The van der Waals surface area contributed by atoms with Gasteiger partial charge in [-0.3, -0.25) is 0 Å². The van der Waals surface area contributed by atoms with Gasteiger partial charge in [-0.2, -0.15) is 13.2 Å². The smallest absolute Gasteiger partial charge is 0.360 e. The molecule has 25 heavy (non-hydrogen) atoms. The molecule has 0 aromatic heterocycles. The Bertz CT molecular complexity index is 724. The van der Waals surface area contributed by atoms with Crippen LogP contribution in [-0.2, 0) is 19.1 Å². The van der Waals surface area contributed by atoms with Gasteiger partial charge in [0.15, 0.2) is 0 Å². The number of alkyl halides is 3. The number of hydrogen-bond acceptors (Lipinski definition) is 2. The summed E-state index contributed by atoms with van der Waals surface area (Å²) in [6.45, 7) is 6.83. The molecule has 2 rings (SSSR count). The second-order valence-corrected chi connectivity index (χ2v) is 6.24. The molecule has 0 saturated heterocycles. The van der Waals surface area contributed by atoms with E-state index in [-0.39, 0.29) is 0 Å². The second-order valence-electron chi connectivity index (χ2n) is 5.83. The summed E-state index contributed by atoms with van der Waals surface area (Å²) in [5, 5.41) is 6.98. The van der Waals surface area contributed by atoms with Gasteiger partial charge in [-0.15, -0.1) is 0 Å². The highest BCUT2D eigenvalue weighted by molar-refractivity contribution is 6.31. The molecule has 0 heterocycles. The zero-order chi connectivity index (χ0) is 18.4. The molecule has 0 unspecified atom stereocenters. The zero-order valence-corrected chi connectivity index (χ0v) is 14.6. The Morgan fingerprint density at radius 2 is 1.80 bits per heavy atom. The van der Waals surface area contributed by atoms with E-state index in [0.29, 0.717) is 18.1 Å². The third kappa shape index (κ3) is 6.11. The van der Waals surface area contributed by atoms with Gasteiger partial charge in [0.1, 0.15) is 0 Å². The maximum Gasteiger partial charge on any atom is 0.416 e. The van der Waals surface area contributed by atoms with E-state index < -0.39 is 11.7 Å². The predicted octanol–water partition coefficient (Wildman–Crippen LogP) is 5.64. The number of halogens is 4. The van der Waals surface area contributed by atoms with Gasteiger partial charge in [0.05, 0.1) is 5.56 Å². The lowest BCUT2D eigenvalue weighted by atomic mass is 10.1. The second kappa shape index (κ2) is 8.41. The average Bonchev–Trinajstić information content (AvgIpc) is 2.52. The highest BCUT2D eigenvalue weighted by atomic mass is 35.5. The van der Waals surface area contributed by atoms with Gasteiger partial charge in [-0.25, -0.2) is 0 Å². The first kappa shape index (κ1) is 19.3. The minimum Gasteiger partial charge on any atom is -0.360 e. The van der Waals surface area contributed by atoms with Gasteiger partial charge < -0.3 is 10.6 Å². The monoisotopic (exact) mass is 368 g/mol. The molecular weight excluding hydrogens is 349 g/mol. The molecule has 0 aliphatic carbocycles. The highest BCUT2D eigenvalue weighted by Gasteiger charge is 2.29. The quantitative estimate of drug-likeness (QED) is 0.618. The SMILES string of the molecule is C=C(C)Nc1ccc(CCNCc2ccc(C(F)(F)F)cc2)c(Cl)c1. The van der Waals surface area contributed by atoms with Crippen molar-refractivity contribution in [2.24, 2.45) is 0 Å². The molecule has 0 saturated carbocycles. The van der Waals surface area contributed by atoms with Crippen molar-refractivity contribution in [1.29, 1.82) is 0 Å². The Kier molecular flexibility index (Phi) is 6.51. The molecule has 134 valence electrons. The molecule has 0 aliphatic heterocycles. The van der Waals surface area contributed by atoms with E-state index in [1.54, 1.807) is 0 Å². The van der Waals surface area contributed by atoms with Crippen molar-refractivity contribution in [3.8, 4) is 0 Å². The summed E-state index contributed by atoms with van der Waals surface area (Å²) in [6, 6.07) is 10.9. The summed E-state index contributed by atoms with van der Waals surface area (Å²) < 4.78 is 37.5. The van der Waals surface area contributed by atoms with Crippen molar-refractivity contribution >= 4 is 17.3 Å². The van der Waals surface area contributed by atoms with Gasteiger partial charge in [-0.1, -0.05) is 36.4 Å². The van der Waals surface area contributed by atoms with Crippen LogP contribution < -0.4 is 10.6 Å². The molecule has 0 spiro atoms. The average molecular weight is 369 g/mol. The Morgan fingerprint density at radius 3 is 2.36 bits per heavy atom. The summed E-state index contributed by atoms with van der Waals surface area (Å²) >= 11 is 6.26. The third-order valence-electron chi connectivity index (χ3n) is 3.59. The van der Waals surface area contributed by atoms with Crippen molar-refractivity contribution < 1.29 is 13.2 Å². The Morgan fingerprint density at radius 1 is 1.12 bits per heavy atom. The van der Waals surface area contributed by atoms with Gasteiger partial charge in [0, 0.05) is 23.0 Å². The number of anilines is 1. The fourth-order valence-electron chi connectivity index (χ4n) is 2.34. The van der Waals surface area contributed by atoms with Gasteiger partial charge >= 0.3 is 6.18 Å².